The van der Waals surface area contributed by atoms with Gasteiger partial charge in [0, 0.05) is 11.4 Å². The molecule has 0 spiro atoms. The smallest absolute Gasteiger partial charge is 0.295 e. The van der Waals surface area contributed by atoms with Gasteiger partial charge in [-0.15, -0.1) is 11.3 Å². The summed E-state index contributed by atoms with van der Waals surface area (Å²) in [5.74, 6) is -0.822. The summed E-state index contributed by atoms with van der Waals surface area (Å²) in [6.45, 7) is 6.25. The Labute approximate surface area is 185 Å². The number of ketones is 1. The zero-order valence-electron chi connectivity index (χ0n) is 18.3. The maximum Gasteiger partial charge on any atom is 0.295 e. The van der Waals surface area contributed by atoms with Crippen LogP contribution in [-0.4, -0.2) is 55.2 Å². The van der Waals surface area contributed by atoms with Gasteiger partial charge in [0.25, 0.3) is 11.7 Å². The van der Waals surface area contributed by atoms with Crippen molar-refractivity contribution in [2.45, 2.75) is 32.9 Å². The Morgan fingerprint density at radius 3 is 2.52 bits per heavy atom. The maximum absolute atomic E-state index is 13.1. The molecule has 1 fully saturated rings. The summed E-state index contributed by atoms with van der Waals surface area (Å²) < 4.78 is 16.3. The number of nitrogens with zero attached hydrogens (tertiary/aromatic N) is 1. The van der Waals surface area contributed by atoms with Crippen LogP contribution in [0.4, 0.5) is 0 Å². The number of likely N-dealkylation sites (tertiary alicyclic amines) is 1. The van der Waals surface area contributed by atoms with Crippen molar-refractivity contribution in [3.05, 3.63) is 51.2 Å². The molecule has 7 nitrogen and oxygen atoms in total. The van der Waals surface area contributed by atoms with Gasteiger partial charge in [0.2, 0.25) is 0 Å². The number of aliphatic hydroxyl groups is 1. The molecule has 2 heterocycles. The van der Waals surface area contributed by atoms with Crippen molar-refractivity contribution in [2.24, 2.45) is 0 Å². The number of Topliss-reactive ketones (excluding diaryl/α,β-unsaturated/α-hetero) is 1. The lowest BCUT2D eigenvalue weighted by molar-refractivity contribution is -0.140. The van der Waals surface area contributed by atoms with E-state index >= 15 is 0 Å². The van der Waals surface area contributed by atoms with Crippen LogP contribution >= 0.6 is 11.3 Å². The molecule has 1 aromatic carbocycles. The molecular weight excluding hydrogens is 418 g/mol. The molecule has 8 heteroatoms. The lowest BCUT2D eigenvalue weighted by Crippen LogP contribution is -2.33. The first kappa shape index (κ1) is 22.8. The van der Waals surface area contributed by atoms with E-state index in [1.807, 2.05) is 32.2 Å². The number of methoxy groups -OCH3 is 2. The highest BCUT2D eigenvalue weighted by Crippen LogP contribution is 2.43. The molecule has 1 saturated heterocycles. The van der Waals surface area contributed by atoms with Crippen molar-refractivity contribution >= 4 is 28.8 Å². The van der Waals surface area contributed by atoms with E-state index < -0.39 is 17.7 Å². The number of ether oxygens (including phenoxy) is 3. The minimum Gasteiger partial charge on any atom is -0.507 e. The fraction of sp³-hybridized carbons (Fsp3) is 0.391. The van der Waals surface area contributed by atoms with Crippen LogP contribution in [0.2, 0.25) is 0 Å². The first-order valence-corrected chi connectivity index (χ1v) is 10.8. The van der Waals surface area contributed by atoms with Gasteiger partial charge in [-0.2, -0.15) is 0 Å². The van der Waals surface area contributed by atoms with Gasteiger partial charge >= 0.3 is 0 Å². The summed E-state index contributed by atoms with van der Waals surface area (Å²) >= 11 is 1.44. The topological polar surface area (TPSA) is 85.3 Å². The fourth-order valence-corrected chi connectivity index (χ4v) is 4.63. The summed E-state index contributed by atoms with van der Waals surface area (Å²) in [6.07, 6.45) is -0.000194. The standard InChI is InChI=1S/C23H27NO6S/c1-13(2)30-10-9-24-19(22-14(3)8-11-31-22)18(21(26)23(24)27)20(25)16-12-15(28-4)6-7-17(16)29-5/h6-8,11-13,19,25H,9-10H2,1-5H3/b20-18+. The molecule has 1 aliphatic heterocycles. The van der Waals surface area contributed by atoms with E-state index in [0.717, 1.165) is 10.4 Å². The molecule has 1 N–H and O–H groups in total. The van der Waals surface area contributed by atoms with Crippen LogP contribution in [0.1, 0.15) is 35.9 Å². The maximum atomic E-state index is 13.1. The van der Waals surface area contributed by atoms with Gasteiger partial charge in [-0.1, -0.05) is 0 Å². The molecule has 1 aliphatic rings. The van der Waals surface area contributed by atoms with Crippen molar-refractivity contribution in [3.63, 3.8) is 0 Å². The first-order valence-electron chi connectivity index (χ1n) is 9.96. The zero-order valence-corrected chi connectivity index (χ0v) is 19.1. The average molecular weight is 446 g/mol. The van der Waals surface area contributed by atoms with E-state index in [1.54, 1.807) is 18.2 Å². The molecule has 0 bridgehead atoms. The summed E-state index contributed by atoms with van der Waals surface area (Å²) in [6, 6.07) is 6.15. The predicted molar refractivity (Wildman–Crippen MR) is 119 cm³/mol. The van der Waals surface area contributed by atoms with Gasteiger partial charge < -0.3 is 24.2 Å². The summed E-state index contributed by atoms with van der Waals surface area (Å²) in [7, 11) is 2.98. The second kappa shape index (κ2) is 9.53. The molecule has 31 heavy (non-hydrogen) atoms. The van der Waals surface area contributed by atoms with Crippen LogP contribution in [0.25, 0.3) is 5.76 Å². The normalized spacial score (nSPS) is 18.1. The molecule has 0 radical (unpaired) electrons. The second-order valence-electron chi connectivity index (χ2n) is 7.45. The number of carbonyl (C=O) groups excluding carboxylic acids is 2. The van der Waals surface area contributed by atoms with E-state index in [-0.39, 0.29) is 36.2 Å². The van der Waals surface area contributed by atoms with Crippen LogP contribution in [0.5, 0.6) is 11.5 Å². The number of thiophene rings is 1. The Bertz CT molecular complexity index is 1010. The summed E-state index contributed by atoms with van der Waals surface area (Å²) in [5, 5.41) is 13.2. The fourth-order valence-electron chi connectivity index (χ4n) is 3.58. The van der Waals surface area contributed by atoms with Gasteiger partial charge in [-0.3, -0.25) is 9.59 Å². The highest BCUT2D eigenvalue weighted by molar-refractivity contribution is 7.10. The van der Waals surface area contributed by atoms with Gasteiger partial charge in [-0.05, 0) is 56.0 Å². The SMILES string of the molecule is COc1ccc(OC)c(/C(O)=C2\C(=O)C(=O)N(CCOC(C)C)C2c2sccc2C)c1. The first-order chi connectivity index (χ1) is 14.8. The van der Waals surface area contributed by atoms with Crippen LogP contribution < -0.4 is 9.47 Å². The zero-order chi connectivity index (χ0) is 22.7. The van der Waals surface area contributed by atoms with Crippen molar-refractivity contribution in [1.29, 1.82) is 0 Å². The van der Waals surface area contributed by atoms with E-state index in [0.29, 0.717) is 11.5 Å². The number of carbonyl (C=O) groups is 2. The molecule has 0 aliphatic carbocycles. The van der Waals surface area contributed by atoms with Gasteiger partial charge in [0.15, 0.2) is 0 Å². The monoisotopic (exact) mass is 445 g/mol. The Morgan fingerprint density at radius 2 is 1.94 bits per heavy atom. The molecule has 0 saturated carbocycles. The Kier molecular flexibility index (Phi) is 7.02. The Balaban J connectivity index is 2.16. The van der Waals surface area contributed by atoms with Crippen molar-refractivity contribution in [2.75, 3.05) is 27.4 Å². The number of hydrogen-bond donors (Lipinski definition) is 1. The van der Waals surface area contributed by atoms with Crippen LogP contribution in [-0.2, 0) is 14.3 Å². The Hall–Kier alpha value is -2.84. The lowest BCUT2D eigenvalue weighted by atomic mass is 9.98. The molecular formula is C23H27NO6S. The number of benzene rings is 1. The van der Waals surface area contributed by atoms with E-state index in [2.05, 4.69) is 0 Å². The van der Waals surface area contributed by atoms with Gasteiger partial charge in [0.1, 0.15) is 17.3 Å². The second-order valence-corrected chi connectivity index (χ2v) is 8.39. The average Bonchev–Trinajstić information content (AvgIpc) is 3.28. The Morgan fingerprint density at radius 1 is 1.19 bits per heavy atom. The van der Waals surface area contributed by atoms with Crippen molar-refractivity contribution < 1.29 is 28.9 Å². The molecule has 1 unspecified atom stereocenters. The van der Waals surface area contributed by atoms with Crippen LogP contribution in [0.15, 0.2) is 35.2 Å². The predicted octanol–water partition coefficient (Wildman–Crippen LogP) is 3.92. The molecule has 1 amide bonds. The quantitative estimate of drug-likeness (QED) is 0.377. The number of amides is 1. The minimum absolute atomic E-state index is 0.000194. The van der Waals surface area contributed by atoms with Gasteiger partial charge in [-0.25, -0.2) is 0 Å². The lowest BCUT2D eigenvalue weighted by Gasteiger charge is -2.25. The molecule has 1 aromatic heterocycles. The number of rotatable bonds is 8. The van der Waals surface area contributed by atoms with Crippen molar-refractivity contribution in [1.82, 2.24) is 4.90 Å². The third-order valence-corrected chi connectivity index (χ3v) is 6.21. The van der Waals surface area contributed by atoms with Crippen molar-refractivity contribution in [3.8, 4) is 11.5 Å². The van der Waals surface area contributed by atoms with E-state index in [4.69, 9.17) is 14.2 Å². The minimum atomic E-state index is -0.732. The third kappa shape index (κ3) is 4.45. The highest BCUT2D eigenvalue weighted by atomic mass is 32.1. The summed E-state index contributed by atoms with van der Waals surface area (Å²) in [4.78, 5) is 28.3. The highest BCUT2D eigenvalue weighted by Gasteiger charge is 2.47. The molecule has 166 valence electrons. The van der Waals surface area contributed by atoms with E-state index in [1.165, 1.54) is 30.5 Å². The molecule has 1 atom stereocenters. The summed E-state index contributed by atoms with van der Waals surface area (Å²) in [5.41, 5.74) is 1.26. The number of hydrogen-bond acceptors (Lipinski definition) is 7. The molecule has 2 aromatic rings. The van der Waals surface area contributed by atoms with Gasteiger partial charge in [0.05, 0.1) is 44.1 Å². The van der Waals surface area contributed by atoms with Crippen LogP contribution in [0.3, 0.4) is 0 Å². The number of aryl methyl sites for hydroxylation is 1. The number of aliphatic hydroxyl groups excluding tert-OH is 1. The van der Waals surface area contributed by atoms with E-state index in [9.17, 15) is 14.7 Å². The molecule has 3 rings (SSSR count). The third-order valence-electron chi connectivity index (χ3n) is 5.14. The van der Waals surface area contributed by atoms with Crippen LogP contribution in [0, 0.1) is 6.92 Å². The largest absolute Gasteiger partial charge is 0.507 e.